The van der Waals surface area contributed by atoms with Crippen molar-refractivity contribution in [3.63, 3.8) is 0 Å². The Bertz CT molecular complexity index is 1600. The van der Waals surface area contributed by atoms with E-state index in [0.717, 1.165) is 54.7 Å². The summed E-state index contributed by atoms with van der Waals surface area (Å²) in [7, 11) is 0. The van der Waals surface area contributed by atoms with Crippen LogP contribution < -0.4 is 0 Å². The molecular weight excluding hydrogens is 400 g/mol. The SMILES string of the molecule is Clc1ccc2ccc(-c3cccc(-c4nc5ccccc5c5ccccc45)n3)cc2c1. The van der Waals surface area contributed by atoms with Crippen LogP contribution in [-0.4, -0.2) is 9.97 Å². The van der Waals surface area contributed by atoms with Crippen molar-refractivity contribution in [3.8, 4) is 22.6 Å². The van der Waals surface area contributed by atoms with E-state index in [1.807, 2.05) is 42.5 Å². The Labute approximate surface area is 184 Å². The lowest BCUT2D eigenvalue weighted by Gasteiger charge is -2.11. The van der Waals surface area contributed by atoms with Gasteiger partial charge in [-0.1, -0.05) is 78.3 Å². The maximum Gasteiger partial charge on any atom is 0.0972 e. The number of hydrogen-bond acceptors (Lipinski definition) is 2. The summed E-state index contributed by atoms with van der Waals surface area (Å²) in [4.78, 5) is 9.99. The molecular formula is C28H17ClN2. The third kappa shape index (κ3) is 3.13. The quantitative estimate of drug-likeness (QED) is 0.268. The number of pyridine rings is 2. The van der Waals surface area contributed by atoms with E-state index >= 15 is 0 Å². The topological polar surface area (TPSA) is 25.8 Å². The van der Waals surface area contributed by atoms with Gasteiger partial charge in [-0.15, -0.1) is 0 Å². The van der Waals surface area contributed by atoms with Gasteiger partial charge in [0.1, 0.15) is 0 Å². The molecule has 3 heteroatoms. The Morgan fingerprint density at radius 2 is 1.26 bits per heavy atom. The zero-order valence-corrected chi connectivity index (χ0v) is 17.3. The molecule has 0 fully saturated rings. The van der Waals surface area contributed by atoms with Crippen molar-refractivity contribution in [2.24, 2.45) is 0 Å². The van der Waals surface area contributed by atoms with Gasteiger partial charge in [0.25, 0.3) is 0 Å². The lowest BCUT2D eigenvalue weighted by atomic mass is 10.0. The van der Waals surface area contributed by atoms with Gasteiger partial charge >= 0.3 is 0 Å². The van der Waals surface area contributed by atoms with Crippen molar-refractivity contribution in [3.05, 3.63) is 108 Å². The second-order valence-corrected chi connectivity index (χ2v) is 8.07. The summed E-state index contributed by atoms with van der Waals surface area (Å²) in [6.07, 6.45) is 0. The van der Waals surface area contributed by atoms with E-state index in [1.54, 1.807) is 0 Å². The number of benzene rings is 4. The van der Waals surface area contributed by atoms with E-state index in [2.05, 4.69) is 60.7 Å². The fraction of sp³-hybridized carbons (Fsp3) is 0. The third-order valence-corrected chi connectivity index (χ3v) is 5.93. The first-order valence-corrected chi connectivity index (χ1v) is 10.6. The second kappa shape index (κ2) is 7.19. The van der Waals surface area contributed by atoms with Crippen LogP contribution in [0.5, 0.6) is 0 Å². The largest absolute Gasteiger partial charge is 0.246 e. The fourth-order valence-electron chi connectivity index (χ4n) is 4.20. The molecule has 0 aliphatic rings. The highest BCUT2D eigenvalue weighted by Gasteiger charge is 2.12. The van der Waals surface area contributed by atoms with Crippen molar-refractivity contribution in [2.45, 2.75) is 0 Å². The standard InChI is InChI=1S/C28H17ClN2/c29-21-15-14-18-12-13-19(16-20(18)17-21)25-10-5-11-27(30-25)28-24-8-2-1-6-22(24)23-7-3-4-9-26(23)31-28/h1-17H. The number of fused-ring (bicyclic) bond motifs is 4. The minimum Gasteiger partial charge on any atom is -0.246 e. The lowest BCUT2D eigenvalue weighted by Crippen LogP contribution is -1.93. The highest BCUT2D eigenvalue weighted by molar-refractivity contribution is 6.31. The Kier molecular flexibility index (Phi) is 4.19. The molecule has 0 aliphatic carbocycles. The van der Waals surface area contributed by atoms with Gasteiger partial charge in [-0.25, -0.2) is 9.97 Å². The molecule has 0 saturated carbocycles. The molecule has 31 heavy (non-hydrogen) atoms. The van der Waals surface area contributed by atoms with Crippen molar-refractivity contribution in [1.82, 2.24) is 9.97 Å². The van der Waals surface area contributed by atoms with Crippen molar-refractivity contribution < 1.29 is 0 Å². The average Bonchev–Trinajstić information content (AvgIpc) is 2.83. The van der Waals surface area contributed by atoms with Crippen LogP contribution in [0.4, 0.5) is 0 Å². The number of halogens is 1. The van der Waals surface area contributed by atoms with Crippen molar-refractivity contribution in [2.75, 3.05) is 0 Å². The lowest BCUT2D eigenvalue weighted by molar-refractivity contribution is 1.29. The van der Waals surface area contributed by atoms with Crippen LogP contribution in [0.3, 0.4) is 0 Å². The first-order valence-electron chi connectivity index (χ1n) is 10.2. The van der Waals surface area contributed by atoms with Crippen LogP contribution in [0.1, 0.15) is 0 Å². The fourth-order valence-corrected chi connectivity index (χ4v) is 4.38. The van der Waals surface area contributed by atoms with E-state index < -0.39 is 0 Å². The maximum absolute atomic E-state index is 6.20. The summed E-state index contributed by atoms with van der Waals surface area (Å²) < 4.78 is 0. The van der Waals surface area contributed by atoms with Gasteiger partial charge in [-0.3, -0.25) is 0 Å². The molecule has 0 aliphatic heterocycles. The number of aromatic nitrogens is 2. The van der Waals surface area contributed by atoms with E-state index in [4.69, 9.17) is 21.6 Å². The number of hydrogen-bond donors (Lipinski definition) is 0. The minimum atomic E-state index is 0.734. The molecule has 6 aromatic rings. The normalized spacial score (nSPS) is 11.4. The van der Waals surface area contributed by atoms with E-state index in [9.17, 15) is 0 Å². The van der Waals surface area contributed by atoms with Gasteiger partial charge in [-0.2, -0.15) is 0 Å². The number of rotatable bonds is 2. The Morgan fingerprint density at radius 1 is 0.516 bits per heavy atom. The monoisotopic (exact) mass is 416 g/mol. The van der Waals surface area contributed by atoms with Gasteiger partial charge in [0.15, 0.2) is 0 Å². The molecule has 6 rings (SSSR count). The predicted molar refractivity (Wildman–Crippen MR) is 130 cm³/mol. The van der Waals surface area contributed by atoms with E-state index in [0.29, 0.717) is 0 Å². The Hall–Kier alpha value is -3.75. The second-order valence-electron chi connectivity index (χ2n) is 7.64. The third-order valence-electron chi connectivity index (χ3n) is 5.70. The van der Waals surface area contributed by atoms with Crippen LogP contribution in [-0.2, 0) is 0 Å². The molecule has 0 atom stereocenters. The first-order chi connectivity index (χ1) is 15.3. The van der Waals surface area contributed by atoms with Crippen LogP contribution in [0.15, 0.2) is 103 Å². The molecule has 0 bridgehead atoms. The predicted octanol–water partition coefficient (Wildman–Crippen LogP) is 7.92. The molecule has 2 nitrogen and oxygen atoms in total. The summed E-state index contributed by atoms with van der Waals surface area (Å²) in [5, 5.41) is 6.45. The van der Waals surface area contributed by atoms with Gasteiger partial charge in [0, 0.05) is 21.4 Å². The van der Waals surface area contributed by atoms with Gasteiger partial charge in [-0.05, 0) is 52.6 Å². The maximum atomic E-state index is 6.20. The molecule has 2 aromatic heterocycles. The molecule has 0 saturated heterocycles. The summed E-state index contributed by atoms with van der Waals surface area (Å²) >= 11 is 6.20. The highest BCUT2D eigenvalue weighted by Crippen LogP contribution is 2.33. The van der Waals surface area contributed by atoms with Gasteiger partial charge in [0.2, 0.25) is 0 Å². The molecule has 0 N–H and O–H groups in total. The van der Waals surface area contributed by atoms with Gasteiger partial charge < -0.3 is 0 Å². The zero-order chi connectivity index (χ0) is 20.8. The molecule has 2 heterocycles. The summed E-state index contributed by atoms with van der Waals surface area (Å²) in [5.41, 5.74) is 4.72. The zero-order valence-electron chi connectivity index (χ0n) is 16.6. The highest BCUT2D eigenvalue weighted by atomic mass is 35.5. The molecule has 4 aromatic carbocycles. The molecule has 0 unspecified atom stereocenters. The smallest absolute Gasteiger partial charge is 0.0972 e. The minimum absolute atomic E-state index is 0.734. The van der Waals surface area contributed by atoms with Crippen LogP contribution >= 0.6 is 11.6 Å². The van der Waals surface area contributed by atoms with Crippen molar-refractivity contribution >= 4 is 44.0 Å². The summed E-state index contributed by atoms with van der Waals surface area (Å²) in [6, 6.07) is 35.1. The molecule has 0 amide bonds. The number of nitrogens with zero attached hydrogens (tertiary/aromatic N) is 2. The first kappa shape index (κ1) is 18.1. The molecule has 0 spiro atoms. The molecule has 146 valence electrons. The molecule has 0 radical (unpaired) electrons. The Balaban J connectivity index is 1.56. The van der Waals surface area contributed by atoms with E-state index in [-0.39, 0.29) is 0 Å². The van der Waals surface area contributed by atoms with Crippen LogP contribution in [0, 0.1) is 0 Å². The Morgan fingerprint density at radius 3 is 2.16 bits per heavy atom. The summed E-state index contributed by atoms with van der Waals surface area (Å²) in [5.74, 6) is 0. The van der Waals surface area contributed by atoms with Crippen LogP contribution in [0.25, 0.3) is 55.1 Å². The van der Waals surface area contributed by atoms with Crippen molar-refractivity contribution in [1.29, 1.82) is 0 Å². The van der Waals surface area contributed by atoms with E-state index in [1.165, 1.54) is 5.39 Å². The van der Waals surface area contributed by atoms with Gasteiger partial charge in [0.05, 0.1) is 22.6 Å². The number of para-hydroxylation sites is 1. The average molecular weight is 417 g/mol. The summed E-state index contributed by atoms with van der Waals surface area (Å²) in [6.45, 7) is 0. The van der Waals surface area contributed by atoms with Crippen LogP contribution in [0.2, 0.25) is 5.02 Å².